The van der Waals surface area contributed by atoms with E-state index in [2.05, 4.69) is 27.8 Å². The highest BCUT2D eigenvalue weighted by Crippen LogP contribution is 2.49. The highest BCUT2D eigenvalue weighted by molar-refractivity contribution is 7.17. The Morgan fingerprint density at radius 3 is 2.90 bits per heavy atom. The Labute approximate surface area is 123 Å². The summed E-state index contributed by atoms with van der Waals surface area (Å²) < 4.78 is 0. The third-order valence-corrected chi connectivity index (χ3v) is 5.62. The molecule has 6 heteroatoms. The van der Waals surface area contributed by atoms with Crippen molar-refractivity contribution in [2.75, 3.05) is 11.9 Å². The van der Waals surface area contributed by atoms with Gasteiger partial charge in [0.15, 0.2) is 0 Å². The van der Waals surface area contributed by atoms with Crippen LogP contribution in [0.5, 0.6) is 0 Å². The maximum atomic E-state index is 12.2. The molecule has 1 amide bonds. The highest BCUT2D eigenvalue weighted by atomic mass is 32.1. The molecule has 110 valence electrons. The van der Waals surface area contributed by atoms with Gasteiger partial charge in [0, 0.05) is 12.6 Å². The number of nitrogens with zero attached hydrogens (tertiary/aromatic N) is 2. The normalized spacial score (nSPS) is 29.4. The van der Waals surface area contributed by atoms with Crippen molar-refractivity contribution >= 4 is 22.4 Å². The van der Waals surface area contributed by atoms with Gasteiger partial charge >= 0.3 is 0 Å². The summed E-state index contributed by atoms with van der Waals surface area (Å²) in [6.45, 7) is 4.92. The minimum atomic E-state index is -0.0815. The van der Waals surface area contributed by atoms with Gasteiger partial charge in [0.25, 0.3) is 5.91 Å². The average Bonchev–Trinajstić information content (AvgIpc) is 3.14. The minimum absolute atomic E-state index is 0.0815. The molecule has 0 aromatic carbocycles. The number of carbonyl (C=O) groups excluding carboxylic acids is 1. The van der Waals surface area contributed by atoms with E-state index in [1.807, 2.05) is 6.92 Å². The SMILES string of the molecule is CCNc1nnc(C(=O)NC(C)C2CC3CCC2C3)s1. The van der Waals surface area contributed by atoms with Crippen molar-refractivity contribution in [3.63, 3.8) is 0 Å². The summed E-state index contributed by atoms with van der Waals surface area (Å²) >= 11 is 1.32. The van der Waals surface area contributed by atoms with Crippen LogP contribution in [-0.4, -0.2) is 28.7 Å². The molecule has 1 aromatic rings. The van der Waals surface area contributed by atoms with Crippen LogP contribution >= 0.6 is 11.3 Å². The Morgan fingerprint density at radius 1 is 1.40 bits per heavy atom. The molecule has 2 aliphatic carbocycles. The van der Waals surface area contributed by atoms with E-state index in [4.69, 9.17) is 0 Å². The van der Waals surface area contributed by atoms with E-state index in [0.29, 0.717) is 16.1 Å². The van der Waals surface area contributed by atoms with E-state index in [-0.39, 0.29) is 11.9 Å². The number of rotatable bonds is 5. The number of hydrogen-bond acceptors (Lipinski definition) is 5. The molecule has 0 saturated heterocycles. The lowest BCUT2D eigenvalue weighted by Crippen LogP contribution is -2.40. The monoisotopic (exact) mass is 294 g/mol. The summed E-state index contributed by atoms with van der Waals surface area (Å²) in [7, 11) is 0. The standard InChI is InChI=1S/C14H22N4OS/c1-3-15-14-18-17-13(20-14)12(19)16-8(2)11-7-9-4-5-10(11)6-9/h8-11H,3-7H2,1-2H3,(H,15,18)(H,16,19). The van der Waals surface area contributed by atoms with Gasteiger partial charge in [-0.2, -0.15) is 0 Å². The summed E-state index contributed by atoms with van der Waals surface area (Å²) in [6.07, 6.45) is 5.39. The van der Waals surface area contributed by atoms with E-state index < -0.39 is 0 Å². The number of fused-ring (bicyclic) bond motifs is 2. The van der Waals surface area contributed by atoms with Crippen molar-refractivity contribution in [1.29, 1.82) is 0 Å². The first-order chi connectivity index (χ1) is 9.67. The minimum Gasteiger partial charge on any atom is -0.360 e. The Balaban J connectivity index is 1.57. The molecule has 0 aliphatic heterocycles. The molecule has 2 bridgehead atoms. The van der Waals surface area contributed by atoms with Crippen LogP contribution < -0.4 is 10.6 Å². The molecule has 0 spiro atoms. The molecule has 4 unspecified atom stereocenters. The molecule has 2 fully saturated rings. The Bertz CT molecular complexity index is 489. The predicted octanol–water partition coefficient (Wildman–Crippen LogP) is 2.52. The summed E-state index contributed by atoms with van der Waals surface area (Å²) in [4.78, 5) is 12.2. The zero-order chi connectivity index (χ0) is 14.1. The van der Waals surface area contributed by atoms with Crippen molar-refractivity contribution in [2.45, 2.75) is 45.6 Å². The smallest absolute Gasteiger partial charge is 0.282 e. The molecule has 0 radical (unpaired) electrons. The van der Waals surface area contributed by atoms with Gasteiger partial charge in [0.05, 0.1) is 0 Å². The van der Waals surface area contributed by atoms with Gasteiger partial charge < -0.3 is 10.6 Å². The molecular weight excluding hydrogens is 272 g/mol. The molecular formula is C14H22N4OS. The third-order valence-electron chi connectivity index (χ3n) is 4.74. The number of nitrogens with one attached hydrogen (secondary N) is 2. The lowest BCUT2D eigenvalue weighted by molar-refractivity contribution is 0.0914. The average molecular weight is 294 g/mol. The first kappa shape index (κ1) is 13.8. The zero-order valence-corrected chi connectivity index (χ0v) is 12.9. The largest absolute Gasteiger partial charge is 0.360 e. The van der Waals surface area contributed by atoms with Crippen LogP contribution in [0.15, 0.2) is 0 Å². The Morgan fingerprint density at radius 2 is 2.25 bits per heavy atom. The van der Waals surface area contributed by atoms with Crippen LogP contribution in [0.1, 0.15) is 49.3 Å². The fraction of sp³-hybridized carbons (Fsp3) is 0.786. The first-order valence-corrected chi connectivity index (χ1v) is 8.37. The van der Waals surface area contributed by atoms with Crippen molar-refractivity contribution < 1.29 is 4.79 Å². The number of hydrogen-bond donors (Lipinski definition) is 2. The zero-order valence-electron chi connectivity index (χ0n) is 12.1. The summed E-state index contributed by atoms with van der Waals surface area (Å²) in [5.74, 6) is 2.30. The van der Waals surface area contributed by atoms with Gasteiger partial charge in [0.1, 0.15) is 0 Å². The van der Waals surface area contributed by atoms with Crippen LogP contribution in [0.4, 0.5) is 5.13 Å². The van der Waals surface area contributed by atoms with Gasteiger partial charge in [-0.25, -0.2) is 0 Å². The molecule has 2 N–H and O–H groups in total. The second kappa shape index (κ2) is 5.68. The van der Waals surface area contributed by atoms with Gasteiger partial charge in [-0.3, -0.25) is 4.79 Å². The molecule has 1 heterocycles. The predicted molar refractivity (Wildman–Crippen MR) is 79.9 cm³/mol. The highest BCUT2D eigenvalue weighted by Gasteiger charge is 2.42. The number of carbonyl (C=O) groups is 1. The van der Waals surface area contributed by atoms with Crippen LogP contribution in [0.25, 0.3) is 0 Å². The maximum Gasteiger partial charge on any atom is 0.282 e. The number of aromatic nitrogens is 2. The molecule has 2 saturated carbocycles. The quantitative estimate of drug-likeness (QED) is 0.875. The lowest BCUT2D eigenvalue weighted by Gasteiger charge is -2.28. The first-order valence-electron chi connectivity index (χ1n) is 7.55. The molecule has 3 rings (SSSR count). The fourth-order valence-corrected chi connectivity index (χ4v) is 4.53. The second-order valence-corrected chi connectivity index (χ2v) is 7.02. The van der Waals surface area contributed by atoms with E-state index in [0.717, 1.165) is 18.4 Å². The van der Waals surface area contributed by atoms with Crippen molar-refractivity contribution in [3.05, 3.63) is 5.01 Å². The number of amides is 1. The summed E-state index contributed by atoms with van der Waals surface area (Å²) in [5, 5.41) is 15.3. The topological polar surface area (TPSA) is 66.9 Å². The molecule has 20 heavy (non-hydrogen) atoms. The second-order valence-electron chi connectivity index (χ2n) is 6.04. The van der Waals surface area contributed by atoms with E-state index in [1.54, 1.807) is 0 Å². The third kappa shape index (κ3) is 2.66. The molecule has 4 atom stereocenters. The number of anilines is 1. The van der Waals surface area contributed by atoms with Gasteiger partial charge in [-0.05, 0) is 50.9 Å². The van der Waals surface area contributed by atoms with Gasteiger partial charge in [-0.15, -0.1) is 10.2 Å². The van der Waals surface area contributed by atoms with E-state index >= 15 is 0 Å². The molecule has 2 aliphatic rings. The van der Waals surface area contributed by atoms with E-state index in [9.17, 15) is 4.79 Å². The van der Waals surface area contributed by atoms with Crippen LogP contribution in [0, 0.1) is 17.8 Å². The molecule has 1 aromatic heterocycles. The Hall–Kier alpha value is -1.17. The van der Waals surface area contributed by atoms with Crippen molar-refractivity contribution in [1.82, 2.24) is 15.5 Å². The fourth-order valence-electron chi connectivity index (χ4n) is 3.82. The van der Waals surface area contributed by atoms with Crippen LogP contribution in [0.3, 0.4) is 0 Å². The van der Waals surface area contributed by atoms with Crippen LogP contribution in [0.2, 0.25) is 0 Å². The molecule has 5 nitrogen and oxygen atoms in total. The van der Waals surface area contributed by atoms with Gasteiger partial charge in [-0.1, -0.05) is 17.8 Å². The maximum absolute atomic E-state index is 12.2. The summed E-state index contributed by atoms with van der Waals surface area (Å²) in [5.41, 5.74) is 0. The van der Waals surface area contributed by atoms with Crippen LogP contribution in [-0.2, 0) is 0 Å². The van der Waals surface area contributed by atoms with Crippen molar-refractivity contribution in [3.8, 4) is 0 Å². The Kier molecular flexibility index (Phi) is 3.92. The van der Waals surface area contributed by atoms with Crippen molar-refractivity contribution in [2.24, 2.45) is 17.8 Å². The summed E-state index contributed by atoms with van der Waals surface area (Å²) in [6, 6.07) is 0.240. The van der Waals surface area contributed by atoms with E-state index in [1.165, 1.54) is 37.0 Å². The van der Waals surface area contributed by atoms with Gasteiger partial charge in [0.2, 0.25) is 10.1 Å². The lowest BCUT2D eigenvalue weighted by atomic mass is 9.84.